The van der Waals surface area contributed by atoms with Crippen molar-refractivity contribution < 1.29 is 9.15 Å². The largest absolute Gasteiger partial charge is 0.462 e. The highest BCUT2D eigenvalue weighted by Gasteiger charge is 2.24. The smallest absolute Gasteiger partial charge is 0.129 e. The third kappa shape index (κ3) is 3.30. The Labute approximate surface area is 121 Å². The summed E-state index contributed by atoms with van der Waals surface area (Å²) in [6, 6.07) is 14.8. The minimum atomic E-state index is 0.174. The second-order valence-electron chi connectivity index (χ2n) is 4.93. The van der Waals surface area contributed by atoms with Crippen LogP contribution in [0.15, 0.2) is 46.9 Å². The van der Waals surface area contributed by atoms with Crippen LogP contribution in [0.5, 0.6) is 0 Å². The minimum absolute atomic E-state index is 0.174. The maximum absolute atomic E-state index is 5.89. The Morgan fingerprint density at radius 3 is 2.50 bits per heavy atom. The fourth-order valence-corrected chi connectivity index (χ4v) is 2.69. The van der Waals surface area contributed by atoms with Gasteiger partial charge >= 0.3 is 0 Å². The van der Waals surface area contributed by atoms with Crippen molar-refractivity contribution in [1.82, 2.24) is 5.32 Å². The van der Waals surface area contributed by atoms with Crippen LogP contribution in [0.4, 0.5) is 0 Å². The Morgan fingerprint density at radius 2 is 1.90 bits per heavy atom. The second-order valence-corrected chi connectivity index (χ2v) is 4.93. The van der Waals surface area contributed by atoms with Gasteiger partial charge in [-0.15, -0.1) is 0 Å². The van der Waals surface area contributed by atoms with Crippen LogP contribution >= 0.6 is 0 Å². The van der Waals surface area contributed by atoms with E-state index in [1.54, 1.807) is 7.11 Å². The lowest BCUT2D eigenvalue weighted by Gasteiger charge is -2.24. The number of likely N-dealkylation sites (N-methyl/N-ethyl adjacent to an activating group) is 1. The molecule has 0 aliphatic carbocycles. The van der Waals surface area contributed by atoms with Crippen molar-refractivity contribution in [2.24, 2.45) is 0 Å². The number of rotatable bonds is 7. The number of hydrogen-bond donors (Lipinski definition) is 1. The van der Waals surface area contributed by atoms with Crippen LogP contribution in [0, 0.1) is 0 Å². The Hall–Kier alpha value is -1.58. The van der Waals surface area contributed by atoms with Crippen molar-refractivity contribution in [3.8, 4) is 0 Å². The van der Waals surface area contributed by atoms with Gasteiger partial charge in [0.2, 0.25) is 0 Å². The molecule has 0 saturated carbocycles. The molecular weight excluding hydrogens is 250 g/mol. The van der Waals surface area contributed by atoms with Gasteiger partial charge in [-0.3, -0.25) is 0 Å². The van der Waals surface area contributed by atoms with Gasteiger partial charge in [-0.05, 0) is 31.2 Å². The molecule has 0 fully saturated rings. The molecule has 0 bridgehead atoms. The van der Waals surface area contributed by atoms with E-state index in [0.717, 1.165) is 17.9 Å². The van der Waals surface area contributed by atoms with E-state index in [4.69, 9.17) is 9.15 Å². The van der Waals surface area contributed by atoms with Crippen molar-refractivity contribution in [1.29, 1.82) is 0 Å². The number of nitrogens with one attached hydrogen (secondary N) is 1. The summed E-state index contributed by atoms with van der Waals surface area (Å²) < 4.78 is 11.0. The topological polar surface area (TPSA) is 34.4 Å². The predicted molar refractivity (Wildman–Crippen MR) is 80.7 cm³/mol. The van der Waals surface area contributed by atoms with Gasteiger partial charge < -0.3 is 14.5 Å². The highest BCUT2D eigenvalue weighted by molar-refractivity contribution is 5.24. The standard InChI is InChI=1S/C17H23NO2/c1-4-15(13-8-6-5-7-9-13)17(18-2)16-11-10-14(20-16)12-19-3/h5-11,15,17-18H,4,12H2,1-3H3. The van der Waals surface area contributed by atoms with E-state index in [0.29, 0.717) is 12.5 Å². The fraction of sp³-hybridized carbons (Fsp3) is 0.412. The number of benzene rings is 1. The summed E-state index contributed by atoms with van der Waals surface area (Å²) in [5, 5.41) is 3.39. The minimum Gasteiger partial charge on any atom is -0.462 e. The van der Waals surface area contributed by atoms with Crippen LogP contribution in [-0.4, -0.2) is 14.2 Å². The molecule has 2 atom stereocenters. The zero-order valence-electron chi connectivity index (χ0n) is 12.4. The zero-order valence-corrected chi connectivity index (χ0v) is 12.4. The van der Waals surface area contributed by atoms with Crippen molar-refractivity contribution in [2.75, 3.05) is 14.2 Å². The van der Waals surface area contributed by atoms with E-state index in [9.17, 15) is 0 Å². The van der Waals surface area contributed by atoms with E-state index in [1.165, 1.54) is 5.56 Å². The molecule has 0 spiro atoms. The summed E-state index contributed by atoms with van der Waals surface area (Å²) in [7, 11) is 3.66. The third-order valence-electron chi connectivity index (χ3n) is 3.66. The van der Waals surface area contributed by atoms with Gasteiger partial charge in [0.05, 0.1) is 6.04 Å². The fourth-order valence-electron chi connectivity index (χ4n) is 2.69. The number of furan rings is 1. The summed E-state index contributed by atoms with van der Waals surface area (Å²) in [5.41, 5.74) is 1.33. The maximum Gasteiger partial charge on any atom is 0.129 e. The lowest BCUT2D eigenvalue weighted by atomic mass is 9.88. The summed E-state index contributed by atoms with van der Waals surface area (Å²) in [5.74, 6) is 2.23. The Balaban J connectivity index is 2.24. The first kappa shape index (κ1) is 14.8. The molecule has 1 heterocycles. The molecule has 3 heteroatoms. The highest BCUT2D eigenvalue weighted by Crippen LogP contribution is 2.34. The van der Waals surface area contributed by atoms with Crippen LogP contribution in [0.25, 0.3) is 0 Å². The SMILES string of the molecule is CCC(c1ccccc1)C(NC)c1ccc(COC)o1. The first-order valence-corrected chi connectivity index (χ1v) is 7.09. The molecule has 0 aliphatic rings. The highest BCUT2D eigenvalue weighted by atomic mass is 16.5. The zero-order chi connectivity index (χ0) is 14.4. The van der Waals surface area contributed by atoms with Crippen molar-refractivity contribution in [3.05, 3.63) is 59.5 Å². The predicted octanol–water partition coefficient (Wildman–Crippen LogP) is 3.88. The van der Waals surface area contributed by atoms with Crippen molar-refractivity contribution >= 4 is 0 Å². The van der Waals surface area contributed by atoms with E-state index in [1.807, 2.05) is 25.2 Å². The monoisotopic (exact) mass is 273 g/mol. The maximum atomic E-state index is 5.89. The average molecular weight is 273 g/mol. The van der Waals surface area contributed by atoms with Gasteiger partial charge in [0.1, 0.15) is 18.1 Å². The van der Waals surface area contributed by atoms with Crippen LogP contribution in [-0.2, 0) is 11.3 Å². The molecule has 2 rings (SSSR count). The second kappa shape index (κ2) is 7.27. The van der Waals surface area contributed by atoms with Crippen LogP contribution < -0.4 is 5.32 Å². The lowest BCUT2D eigenvalue weighted by Crippen LogP contribution is -2.23. The average Bonchev–Trinajstić information content (AvgIpc) is 2.94. The molecule has 108 valence electrons. The molecule has 0 aliphatic heterocycles. The molecule has 1 aromatic carbocycles. The molecule has 1 aromatic heterocycles. The Morgan fingerprint density at radius 1 is 1.15 bits per heavy atom. The molecule has 20 heavy (non-hydrogen) atoms. The molecule has 2 unspecified atom stereocenters. The summed E-state index contributed by atoms with van der Waals surface area (Å²) in [6.45, 7) is 2.72. The Kier molecular flexibility index (Phi) is 5.39. The van der Waals surface area contributed by atoms with Gasteiger partial charge in [-0.1, -0.05) is 37.3 Å². The molecule has 0 amide bonds. The summed E-state index contributed by atoms with van der Waals surface area (Å²) in [4.78, 5) is 0. The van der Waals surface area contributed by atoms with Crippen LogP contribution in [0.1, 0.15) is 42.4 Å². The van der Waals surface area contributed by atoms with Gasteiger partial charge in [-0.25, -0.2) is 0 Å². The molecule has 0 radical (unpaired) electrons. The Bertz CT molecular complexity index is 507. The van der Waals surface area contributed by atoms with Gasteiger partial charge in [0, 0.05) is 13.0 Å². The van der Waals surface area contributed by atoms with E-state index >= 15 is 0 Å². The van der Waals surface area contributed by atoms with E-state index in [-0.39, 0.29) is 6.04 Å². The molecular formula is C17H23NO2. The van der Waals surface area contributed by atoms with Crippen LogP contribution in [0.3, 0.4) is 0 Å². The molecule has 0 saturated heterocycles. The third-order valence-corrected chi connectivity index (χ3v) is 3.66. The normalized spacial score (nSPS) is 14.2. The lowest BCUT2D eigenvalue weighted by molar-refractivity contribution is 0.161. The summed E-state index contributed by atoms with van der Waals surface area (Å²) >= 11 is 0. The molecule has 2 aromatic rings. The van der Waals surface area contributed by atoms with Crippen molar-refractivity contribution in [2.45, 2.75) is 31.9 Å². The molecule has 1 N–H and O–H groups in total. The van der Waals surface area contributed by atoms with Gasteiger partial charge in [0.15, 0.2) is 0 Å². The quantitative estimate of drug-likeness (QED) is 0.831. The summed E-state index contributed by atoms with van der Waals surface area (Å²) in [6.07, 6.45) is 1.05. The van der Waals surface area contributed by atoms with Crippen LogP contribution in [0.2, 0.25) is 0 Å². The van der Waals surface area contributed by atoms with Gasteiger partial charge in [-0.2, -0.15) is 0 Å². The number of hydrogen-bond acceptors (Lipinski definition) is 3. The van der Waals surface area contributed by atoms with E-state index in [2.05, 4.69) is 36.5 Å². The first-order chi connectivity index (χ1) is 9.80. The van der Waals surface area contributed by atoms with E-state index < -0.39 is 0 Å². The molecule has 3 nitrogen and oxygen atoms in total. The number of methoxy groups -OCH3 is 1. The number of ether oxygens (including phenoxy) is 1. The van der Waals surface area contributed by atoms with Crippen molar-refractivity contribution in [3.63, 3.8) is 0 Å². The first-order valence-electron chi connectivity index (χ1n) is 7.09. The van der Waals surface area contributed by atoms with Gasteiger partial charge in [0.25, 0.3) is 0 Å².